The van der Waals surface area contributed by atoms with Crippen molar-refractivity contribution in [3.8, 4) is 11.4 Å². The zero-order chi connectivity index (χ0) is 18.7. The van der Waals surface area contributed by atoms with Crippen molar-refractivity contribution < 1.29 is 8.42 Å². The monoisotopic (exact) mass is 394 g/mol. The lowest BCUT2D eigenvalue weighted by atomic mass is 10.2. The topological polar surface area (TPSA) is 60.1 Å². The molecule has 142 valence electrons. The average Bonchev–Trinajstić information content (AvgIpc) is 3.15. The van der Waals surface area contributed by atoms with Gasteiger partial charge in [-0.1, -0.05) is 37.3 Å². The number of aromatic nitrogens is 3. The predicted molar refractivity (Wildman–Crippen MR) is 106 cm³/mol. The van der Waals surface area contributed by atoms with E-state index in [0.29, 0.717) is 17.9 Å². The molecule has 6 nitrogen and oxygen atoms in total. The summed E-state index contributed by atoms with van der Waals surface area (Å²) < 4.78 is 28.3. The molecule has 0 aliphatic carbocycles. The van der Waals surface area contributed by atoms with Crippen LogP contribution in [-0.2, 0) is 23.1 Å². The van der Waals surface area contributed by atoms with Crippen LogP contribution in [0.3, 0.4) is 0 Å². The van der Waals surface area contributed by atoms with Crippen LogP contribution in [0.5, 0.6) is 0 Å². The first kappa shape index (κ1) is 19.3. The van der Waals surface area contributed by atoms with Gasteiger partial charge in [-0.2, -0.15) is 5.10 Å². The second kappa shape index (κ2) is 8.02. The first-order chi connectivity index (χ1) is 12.4. The lowest BCUT2D eigenvalue weighted by Gasteiger charge is -2.27. The predicted octanol–water partition coefficient (Wildman–Crippen LogP) is 2.96. The molecular formula is C18H26N4O2S2. The number of hydrogen-bond acceptors (Lipinski definition) is 5. The van der Waals surface area contributed by atoms with Gasteiger partial charge in [0.2, 0.25) is 0 Å². The molecule has 3 rings (SSSR count). The van der Waals surface area contributed by atoms with Gasteiger partial charge in [0.05, 0.1) is 18.2 Å². The van der Waals surface area contributed by atoms with E-state index < -0.39 is 9.84 Å². The molecule has 0 bridgehead atoms. The van der Waals surface area contributed by atoms with Crippen molar-refractivity contribution in [3.05, 3.63) is 35.1 Å². The van der Waals surface area contributed by atoms with E-state index in [1.54, 1.807) is 0 Å². The first-order valence-corrected chi connectivity index (χ1v) is 11.4. The third-order valence-electron chi connectivity index (χ3n) is 4.82. The van der Waals surface area contributed by atoms with Crippen LogP contribution in [0.15, 0.2) is 30.3 Å². The van der Waals surface area contributed by atoms with E-state index >= 15 is 0 Å². The molecule has 0 amide bonds. The second-order valence-corrected chi connectivity index (χ2v) is 9.32. The molecule has 0 spiro atoms. The summed E-state index contributed by atoms with van der Waals surface area (Å²) in [5, 5.41) is 4.76. The Bertz CT molecular complexity index is 903. The highest BCUT2D eigenvalue weighted by Gasteiger charge is 2.32. The minimum absolute atomic E-state index is 0.0498. The van der Waals surface area contributed by atoms with E-state index in [-0.39, 0.29) is 17.5 Å². The van der Waals surface area contributed by atoms with E-state index in [1.165, 1.54) is 0 Å². The summed E-state index contributed by atoms with van der Waals surface area (Å²) in [7, 11) is -2.91. The van der Waals surface area contributed by atoms with E-state index in [0.717, 1.165) is 30.9 Å². The van der Waals surface area contributed by atoms with E-state index in [1.807, 2.05) is 39.6 Å². The Labute approximate surface area is 160 Å². The summed E-state index contributed by atoms with van der Waals surface area (Å²) in [6.07, 6.45) is 1.65. The third-order valence-corrected chi connectivity index (χ3v) is 7.00. The Morgan fingerprint density at radius 1 is 1.27 bits per heavy atom. The van der Waals surface area contributed by atoms with E-state index in [9.17, 15) is 8.42 Å². The molecule has 1 fully saturated rings. The van der Waals surface area contributed by atoms with Crippen LogP contribution < -0.4 is 0 Å². The zero-order valence-electron chi connectivity index (χ0n) is 15.3. The van der Waals surface area contributed by atoms with Crippen molar-refractivity contribution in [2.75, 3.05) is 18.1 Å². The molecule has 2 heterocycles. The van der Waals surface area contributed by atoms with Crippen LogP contribution in [0.25, 0.3) is 11.4 Å². The second-order valence-electron chi connectivity index (χ2n) is 6.73. The molecular weight excluding hydrogens is 368 g/mol. The van der Waals surface area contributed by atoms with Gasteiger partial charge in [-0.15, -0.1) is 0 Å². The number of nitrogens with zero attached hydrogens (tertiary/aromatic N) is 4. The van der Waals surface area contributed by atoms with Gasteiger partial charge in [-0.05, 0) is 38.5 Å². The fourth-order valence-electron chi connectivity index (χ4n) is 3.51. The maximum absolute atomic E-state index is 11.9. The lowest BCUT2D eigenvalue weighted by Crippen LogP contribution is -2.38. The number of rotatable bonds is 7. The maximum atomic E-state index is 11.9. The van der Waals surface area contributed by atoms with Crippen LogP contribution in [0.2, 0.25) is 0 Å². The van der Waals surface area contributed by atoms with Crippen molar-refractivity contribution in [1.82, 2.24) is 19.2 Å². The van der Waals surface area contributed by atoms with Gasteiger partial charge in [-0.25, -0.2) is 13.1 Å². The molecule has 1 aliphatic rings. The molecule has 1 saturated heterocycles. The van der Waals surface area contributed by atoms with Crippen molar-refractivity contribution in [1.29, 1.82) is 0 Å². The smallest absolute Gasteiger partial charge is 0.199 e. The molecule has 0 radical (unpaired) electrons. The van der Waals surface area contributed by atoms with Gasteiger partial charge in [-0.3, -0.25) is 4.90 Å². The Hall–Kier alpha value is -1.51. The summed E-state index contributed by atoms with van der Waals surface area (Å²) in [4.78, 5) is 2.21. The average molecular weight is 395 g/mol. The SMILES string of the molecule is CCCN(Cn1nc(-c2ccccc2)n(CC)c1=S)[C@H]1CCS(=O)(=O)C1. The Morgan fingerprint density at radius 3 is 2.58 bits per heavy atom. The quantitative estimate of drug-likeness (QED) is 0.676. The van der Waals surface area contributed by atoms with Gasteiger partial charge in [0.1, 0.15) is 0 Å². The molecule has 1 atom stereocenters. The minimum Gasteiger partial charge on any atom is -0.300 e. The van der Waals surface area contributed by atoms with Gasteiger partial charge in [0.15, 0.2) is 20.4 Å². The van der Waals surface area contributed by atoms with Crippen LogP contribution in [0.1, 0.15) is 26.7 Å². The number of sulfone groups is 1. The zero-order valence-corrected chi connectivity index (χ0v) is 17.0. The molecule has 1 aliphatic heterocycles. The van der Waals surface area contributed by atoms with E-state index in [2.05, 4.69) is 18.7 Å². The lowest BCUT2D eigenvalue weighted by molar-refractivity contribution is 0.155. The van der Waals surface area contributed by atoms with E-state index in [4.69, 9.17) is 17.3 Å². The Kier molecular flexibility index (Phi) is 5.94. The van der Waals surface area contributed by atoms with Gasteiger partial charge < -0.3 is 4.57 Å². The van der Waals surface area contributed by atoms with Crippen LogP contribution in [0, 0.1) is 4.77 Å². The van der Waals surface area contributed by atoms with Crippen molar-refractivity contribution in [2.24, 2.45) is 0 Å². The molecule has 8 heteroatoms. The fourth-order valence-corrected chi connectivity index (χ4v) is 5.59. The van der Waals surface area contributed by atoms with Crippen molar-refractivity contribution >= 4 is 22.1 Å². The fraction of sp³-hybridized carbons (Fsp3) is 0.556. The highest BCUT2D eigenvalue weighted by Crippen LogP contribution is 2.21. The van der Waals surface area contributed by atoms with Crippen molar-refractivity contribution in [2.45, 2.75) is 45.9 Å². The van der Waals surface area contributed by atoms with Gasteiger partial charge >= 0.3 is 0 Å². The molecule has 0 unspecified atom stereocenters. The number of hydrogen-bond donors (Lipinski definition) is 0. The Morgan fingerprint density at radius 2 is 2.00 bits per heavy atom. The molecule has 26 heavy (non-hydrogen) atoms. The Balaban J connectivity index is 1.91. The summed E-state index contributed by atoms with van der Waals surface area (Å²) >= 11 is 5.65. The van der Waals surface area contributed by atoms with Gasteiger partial charge in [0.25, 0.3) is 0 Å². The summed E-state index contributed by atoms with van der Waals surface area (Å²) in [6, 6.07) is 10.1. The largest absolute Gasteiger partial charge is 0.300 e. The minimum atomic E-state index is -2.91. The summed E-state index contributed by atoms with van der Waals surface area (Å²) in [5.74, 6) is 1.37. The third kappa shape index (κ3) is 4.07. The summed E-state index contributed by atoms with van der Waals surface area (Å²) in [5.41, 5.74) is 1.03. The number of benzene rings is 1. The maximum Gasteiger partial charge on any atom is 0.199 e. The molecule has 0 saturated carbocycles. The molecule has 1 aromatic heterocycles. The van der Waals surface area contributed by atoms with Crippen LogP contribution in [-0.4, -0.2) is 51.8 Å². The highest BCUT2D eigenvalue weighted by molar-refractivity contribution is 7.91. The van der Waals surface area contributed by atoms with Gasteiger partial charge in [0, 0.05) is 18.2 Å². The highest BCUT2D eigenvalue weighted by atomic mass is 32.2. The molecule has 2 aromatic rings. The standard InChI is InChI=1S/C18H26N4O2S2/c1-3-11-20(16-10-12-26(23,24)13-16)14-22-18(25)21(4-2)17(19-22)15-8-6-5-7-9-15/h5-9,16H,3-4,10-14H2,1-2H3/t16-/m0/s1. The van der Waals surface area contributed by atoms with Crippen LogP contribution >= 0.6 is 12.2 Å². The normalized spacial score (nSPS) is 19.3. The molecule has 1 aromatic carbocycles. The first-order valence-electron chi connectivity index (χ1n) is 9.12. The summed E-state index contributed by atoms with van der Waals surface area (Å²) in [6.45, 7) is 6.27. The van der Waals surface area contributed by atoms with Crippen LogP contribution in [0.4, 0.5) is 0 Å². The molecule has 0 N–H and O–H groups in total. The van der Waals surface area contributed by atoms with Crippen molar-refractivity contribution in [3.63, 3.8) is 0 Å².